The number of ether oxygens (including phenoxy) is 2. The monoisotopic (exact) mass is 423 g/mol. The molecule has 0 aliphatic carbocycles. The van der Waals surface area contributed by atoms with E-state index in [2.05, 4.69) is 0 Å². The Balaban J connectivity index is 2.12. The molecule has 2 aromatic carbocycles. The highest BCUT2D eigenvalue weighted by Crippen LogP contribution is 2.43. The van der Waals surface area contributed by atoms with E-state index < -0.39 is 29.7 Å². The van der Waals surface area contributed by atoms with Crippen molar-refractivity contribution >= 4 is 5.97 Å². The summed E-state index contributed by atoms with van der Waals surface area (Å²) in [5.74, 6) is -0.373. The first-order chi connectivity index (χ1) is 14.3. The van der Waals surface area contributed by atoms with Crippen molar-refractivity contribution in [2.75, 3.05) is 27.3 Å². The van der Waals surface area contributed by atoms with Gasteiger partial charge in [-0.25, -0.2) is 0 Å². The van der Waals surface area contributed by atoms with Crippen LogP contribution < -0.4 is 9.47 Å². The number of alkyl halides is 3. The van der Waals surface area contributed by atoms with Gasteiger partial charge in [-0.1, -0.05) is 18.2 Å². The van der Waals surface area contributed by atoms with Crippen LogP contribution in [0.3, 0.4) is 0 Å². The van der Waals surface area contributed by atoms with Crippen LogP contribution in [-0.4, -0.2) is 43.3 Å². The molecule has 162 valence electrons. The topological polar surface area (TPSA) is 59.0 Å². The first-order valence-electron chi connectivity index (χ1n) is 9.61. The Labute approximate surface area is 173 Å². The van der Waals surface area contributed by atoms with E-state index in [-0.39, 0.29) is 6.54 Å². The Morgan fingerprint density at radius 2 is 1.70 bits per heavy atom. The highest BCUT2D eigenvalue weighted by Gasteiger charge is 2.35. The van der Waals surface area contributed by atoms with Gasteiger partial charge in [0.2, 0.25) is 0 Å². The normalized spacial score (nSPS) is 18.6. The van der Waals surface area contributed by atoms with Gasteiger partial charge in [0.15, 0.2) is 0 Å². The van der Waals surface area contributed by atoms with Crippen LogP contribution in [0, 0.1) is 5.92 Å². The van der Waals surface area contributed by atoms with Crippen molar-refractivity contribution in [2.45, 2.75) is 25.1 Å². The molecule has 0 saturated carbocycles. The van der Waals surface area contributed by atoms with E-state index in [1.54, 1.807) is 18.2 Å². The molecule has 0 aromatic heterocycles. The lowest BCUT2D eigenvalue weighted by Crippen LogP contribution is -2.41. The lowest BCUT2D eigenvalue weighted by atomic mass is 9.90. The number of hydrogen-bond acceptors (Lipinski definition) is 4. The Kier molecular flexibility index (Phi) is 6.55. The molecular weight excluding hydrogens is 399 g/mol. The van der Waals surface area contributed by atoms with E-state index in [1.165, 1.54) is 26.4 Å². The highest BCUT2D eigenvalue weighted by atomic mass is 19.4. The number of methoxy groups -OCH3 is 2. The zero-order valence-electron chi connectivity index (χ0n) is 16.8. The first kappa shape index (κ1) is 22.0. The van der Waals surface area contributed by atoms with Crippen LogP contribution >= 0.6 is 0 Å². The molecule has 1 aliphatic heterocycles. The third kappa shape index (κ3) is 4.53. The molecule has 1 heterocycles. The van der Waals surface area contributed by atoms with Gasteiger partial charge in [-0.2, -0.15) is 13.2 Å². The van der Waals surface area contributed by atoms with E-state index in [1.807, 2.05) is 4.90 Å². The van der Waals surface area contributed by atoms with Gasteiger partial charge in [0.1, 0.15) is 11.5 Å². The Bertz CT molecular complexity index is 861. The second-order valence-corrected chi connectivity index (χ2v) is 7.27. The highest BCUT2D eigenvalue weighted by molar-refractivity contribution is 5.70. The lowest BCUT2D eigenvalue weighted by Gasteiger charge is -2.38. The summed E-state index contributed by atoms with van der Waals surface area (Å²) >= 11 is 0. The first-order valence-corrected chi connectivity index (χ1v) is 9.61. The number of nitrogens with zero attached hydrogens (tertiary/aromatic N) is 1. The van der Waals surface area contributed by atoms with E-state index in [9.17, 15) is 23.1 Å². The zero-order chi connectivity index (χ0) is 21.9. The molecule has 1 fully saturated rings. The summed E-state index contributed by atoms with van der Waals surface area (Å²) in [5, 5.41) is 9.51. The Hall–Kier alpha value is -2.74. The Morgan fingerprint density at radius 1 is 1.10 bits per heavy atom. The third-order valence-electron chi connectivity index (χ3n) is 5.46. The number of aliphatic carboxylic acids is 1. The minimum Gasteiger partial charge on any atom is -0.496 e. The summed E-state index contributed by atoms with van der Waals surface area (Å²) in [7, 11) is 3.02. The van der Waals surface area contributed by atoms with Gasteiger partial charge < -0.3 is 14.6 Å². The minimum absolute atomic E-state index is 0.280. The van der Waals surface area contributed by atoms with Crippen molar-refractivity contribution in [1.29, 1.82) is 0 Å². The molecule has 5 nitrogen and oxygen atoms in total. The number of rotatable bonds is 6. The van der Waals surface area contributed by atoms with Crippen LogP contribution in [0.25, 0.3) is 0 Å². The number of halogens is 3. The molecular formula is C22H24F3NO4. The van der Waals surface area contributed by atoms with Gasteiger partial charge in [0.05, 0.1) is 37.3 Å². The van der Waals surface area contributed by atoms with Gasteiger partial charge in [-0.05, 0) is 49.2 Å². The third-order valence-corrected chi connectivity index (χ3v) is 5.46. The second kappa shape index (κ2) is 8.95. The standard InChI is InChI=1S/C22H24F3NO4/c1-29-17-6-3-7-18(30-2)19(17)20(26-12-4-5-15(13-26)21(27)28)14-8-10-16(11-9-14)22(23,24)25/h3,6-11,15,20H,4-5,12-13H2,1-2H3,(H,27,28). The van der Waals surface area contributed by atoms with Crippen LogP contribution in [0.2, 0.25) is 0 Å². The predicted octanol–water partition coefficient (Wildman–Crippen LogP) is 4.61. The van der Waals surface area contributed by atoms with Crippen molar-refractivity contribution < 1.29 is 32.5 Å². The quantitative estimate of drug-likeness (QED) is 0.736. The molecule has 2 unspecified atom stereocenters. The maximum atomic E-state index is 13.1. The summed E-state index contributed by atoms with van der Waals surface area (Å²) in [6, 6.07) is 9.72. The van der Waals surface area contributed by atoms with Gasteiger partial charge >= 0.3 is 12.1 Å². The number of carboxylic acids is 1. The minimum atomic E-state index is -4.43. The molecule has 0 bridgehead atoms. The number of benzene rings is 2. The van der Waals surface area contributed by atoms with Crippen molar-refractivity contribution in [3.8, 4) is 11.5 Å². The molecule has 1 saturated heterocycles. The van der Waals surface area contributed by atoms with Crippen molar-refractivity contribution in [3.05, 3.63) is 59.2 Å². The zero-order valence-corrected chi connectivity index (χ0v) is 16.8. The number of piperidine rings is 1. The van der Waals surface area contributed by atoms with Crippen molar-refractivity contribution in [3.63, 3.8) is 0 Å². The number of likely N-dealkylation sites (tertiary alicyclic amines) is 1. The maximum Gasteiger partial charge on any atom is 0.416 e. The van der Waals surface area contributed by atoms with E-state index in [0.29, 0.717) is 42.0 Å². The molecule has 1 aliphatic rings. The van der Waals surface area contributed by atoms with Crippen LogP contribution in [-0.2, 0) is 11.0 Å². The van der Waals surface area contributed by atoms with Crippen LogP contribution in [0.1, 0.15) is 35.6 Å². The maximum absolute atomic E-state index is 13.1. The molecule has 0 amide bonds. The predicted molar refractivity (Wildman–Crippen MR) is 105 cm³/mol. The molecule has 2 atom stereocenters. The summed E-state index contributed by atoms with van der Waals surface area (Å²) in [5.41, 5.74) is 0.532. The summed E-state index contributed by atoms with van der Waals surface area (Å²) in [4.78, 5) is 13.6. The average Bonchev–Trinajstić information content (AvgIpc) is 2.74. The summed E-state index contributed by atoms with van der Waals surface area (Å²) in [6.07, 6.45) is -3.20. The van der Waals surface area contributed by atoms with E-state index in [4.69, 9.17) is 9.47 Å². The Morgan fingerprint density at radius 3 is 2.20 bits per heavy atom. The van der Waals surface area contributed by atoms with Crippen LogP contribution in [0.5, 0.6) is 11.5 Å². The van der Waals surface area contributed by atoms with E-state index >= 15 is 0 Å². The summed E-state index contributed by atoms with van der Waals surface area (Å²) in [6.45, 7) is 0.888. The average molecular weight is 423 g/mol. The lowest BCUT2D eigenvalue weighted by molar-refractivity contribution is -0.144. The van der Waals surface area contributed by atoms with Gasteiger partial charge in [-0.3, -0.25) is 9.69 Å². The number of carbonyl (C=O) groups is 1. The van der Waals surface area contributed by atoms with E-state index in [0.717, 1.165) is 12.1 Å². The van der Waals surface area contributed by atoms with Crippen molar-refractivity contribution in [1.82, 2.24) is 4.90 Å². The number of hydrogen-bond donors (Lipinski definition) is 1. The van der Waals surface area contributed by atoms with Crippen LogP contribution in [0.4, 0.5) is 13.2 Å². The fourth-order valence-corrected chi connectivity index (χ4v) is 4.01. The smallest absolute Gasteiger partial charge is 0.416 e. The van der Waals surface area contributed by atoms with Gasteiger partial charge in [0.25, 0.3) is 0 Å². The fourth-order valence-electron chi connectivity index (χ4n) is 4.01. The van der Waals surface area contributed by atoms with Crippen LogP contribution in [0.15, 0.2) is 42.5 Å². The van der Waals surface area contributed by atoms with Gasteiger partial charge in [0, 0.05) is 6.54 Å². The second-order valence-electron chi connectivity index (χ2n) is 7.27. The molecule has 8 heteroatoms. The van der Waals surface area contributed by atoms with Crippen molar-refractivity contribution in [2.24, 2.45) is 5.92 Å². The molecule has 2 aromatic rings. The largest absolute Gasteiger partial charge is 0.496 e. The molecule has 3 rings (SSSR count). The molecule has 1 N–H and O–H groups in total. The number of carboxylic acid groups (broad SMARTS) is 1. The molecule has 0 radical (unpaired) electrons. The fraction of sp³-hybridized carbons (Fsp3) is 0.409. The molecule has 30 heavy (non-hydrogen) atoms. The molecule has 0 spiro atoms. The summed E-state index contributed by atoms with van der Waals surface area (Å²) < 4.78 is 50.2. The SMILES string of the molecule is COc1cccc(OC)c1C(c1ccc(C(F)(F)F)cc1)N1CCCC(C(=O)O)C1. The van der Waals surface area contributed by atoms with Gasteiger partial charge in [-0.15, -0.1) is 0 Å².